The van der Waals surface area contributed by atoms with Crippen molar-refractivity contribution in [3.8, 4) is 0 Å². The zero-order chi connectivity index (χ0) is 11.8. The van der Waals surface area contributed by atoms with Crippen LogP contribution in [0.15, 0.2) is 45.3 Å². The Morgan fingerprint density at radius 3 is 2.19 bits per heavy atom. The summed E-state index contributed by atoms with van der Waals surface area (Å²) < 4.78 is 1.64. The third-order valence-corrected chi connectivity index (χ3v) is 4.66. The topological polar surface area (TPSA) is 0 Å². The molecular formula is C15H17Hf. The second-order valence-corrected chi connectivity index (χ2v) is 7.52. The molecule has 0 spiro atoms. The van der Waals surface area contributed by atoms with Crippen LogP contribution in [-0.4, -0.2) is 0 Å². The molecule has 1 aromatic carbocycles. The molecule has 0 nitrogen and oxygen atoms in total. The fraction of sp³-hybridized carbons (Fsp3) is 0.333. The molecule has 0 fully saturated rings. The second kappa shape index (κ2) is 4.44. The Labute approximate surface area is 113 Å². The van der Waals surface area contributed by atoms with Crippen molar-refractivity contribution in [1.29, 1.82) is 0 Å². The van der Waals surface area contributed by atoms with E-state index in [0.29, 0.717) is 5.41 Å². The van der Waals surface area contributed by atoms with Gasteiger partial charge in [-0.05, 0) is 0 Å². The van der Waals surface area contributed by atoms with Gasteiger partial charge in [0.05, 0.1) is 0 Å². The van der Waals surface area contributed by atoms with Crippen molar-refractivity contribution in [3.05, 3.63) is 50.9 Å². The van der Waals surface area contributed by atoms with E-state index in [2.05, 4.69) is 57.2 Å². The Morgan fingerprint density at radius 1 is 1.06 bits per heavy atom. The maximum atomic E-state index is 2.41. The van der Waals surface area contributed by atoms with Gasteiger partial charge in [-0.25, -0.2) is 0 Å². The minimum absolute atomic E-state index is 0.312. The number of hydrogen-bond donors (Lipinski definition) is 0. The van der Waals surface area contributed by atoms with E-state index in [1.165, 1.54) is 41.9 Å². The predicted molar refractivity (Wildman–Crippen MR) is 65.5 cm³/mol. The van der Waals surface area contributed by atoms with E-state index >= 15 is 0 Å². The van der Waals surface area contributed by atoms with Gasteiger partial charge >= 0.3 is 113 Å². The molecule has 0 N–H and O–H groups in total. The average Bonchev–Trinajstić information content (AvgIpc) is 2.61. The molecule has 1 aromatic rings. The summed E-state index contributed by atoms with van der Waals surface area (Å²) in [7, 11) is 0. The third kappa shape index (κ3) is 2.45. The number of allylic oxidation sites excluding steroid dienone is 4. The number of hydrogen-bond acceptors (Lipinski definition) is 0. The molecule has 81 valence electrons. The van der Waals surface area contributed by atoms with Crippen molar-refractivity contribution in [2.75, 3.05) is 0 Å². The van der Waals surface area contributed by atoms with Crippen LogP contribution in [0.3, 0.4) is 0 Å². The molecule has 2 rings (SSSR count). The van der Waals surface area contributed by atoms with Crippen LogP contribution < -0.4 is 0 Å². The van der Waals surface area contributed by atoms with Gasteiger partial charge in [0.15, 0.2) is 0 Å². The van der Waals surface area contributed by atoms with Gasteiger partial charge in [-0.15, -0.1) is 0 Å². The van der Waals surface area contributed by atoms with Crippen LogP contribution in [-0.2, 0) is 24.4 Å². The van der Waals surface area contributed by atoms with E-state index in [1.807, 2.05) is 0 Å². The van der Waals surface area contributed by atoms with E-state index in [4.69, 9.17) is 0 Å². The molecule has 0 saturated carbocycles. The van der Waals surface area contributed by atoms with Crippen LogP contribution >= 0.6 is 0 Å². The predicted octanol–water partition coefficient (Wildman–Crippen LogP) is 4.32. The van der Waals surface area contributed by atoms with Crippen molar-refractivity contribution >= 4 is 5.57 Å². The molecule has 0 bridgehead atoms. The summed E-state index contributed by atoms with van der Waals surface area (Å²) in [6.45, 7) is 6.92. The zero-order valence-corrected chi connectivity index (χ0v) is 13.8. The van der Waals surface area contributed by atoms with E-state index in [0.717, 1.165) is 0 Å². The molecule has 0 aromatic heterocycles. The molecule has 16 heavy (non-hydrogen) atoms. The second-order valence-electron chi connectivity index (χ2n) is 5.35. The molecule has 0 radical (unpaired) electrons. The third-order valence-electron chi connectivity index (χ3n) is 3.06. The molecule has 0 heterocycles. The van der Waals surface area contributed by atoms with E-state index in [9.17, 15) is 0 Å². The average molecular weight is 376 g/mol. The van der Waals surface area contributed by atoms with Crippen LogP contribution in [0, 0.1) is 5.41 Å². The first kappa shape index (κ1) is 12.0. The first-order chi connectivity index (χ1) is 7.48. The molecular weight excluding hydrogens is 359 g/mol. The van der Waals surface area contributed by atoms with Gasteiger partial charge < -0.3 is 0 Å². The van der Waals surface area contributed by atoms with E-state index in [-0.39, 0.29) is 0 Å². The Kier molecular flexibility index (Phi) is 3.34. The molecule has 0 saturated heterocycles. The van der Waals surface area contributed by atoms with Crippen LogP contribution in [0.1, 0.15) is 32.8 Å². The van der Waals surface area contributed by atoms with Gasteiger partial charge in [-0.1, -0.05) is 0 Å². The summed E-state index contributed by atoms with van der Waals surface area (Å²) in [5, 5.41) is 0. The van der Waals surface area contributed by atoms with Crippen LogP contribution in [0.5, 0.6) is 0 Å². The molecule has 0 amide bonds. The van der Waals surface area contributed by atoms with Crippen LogP contribution in [0.2, 0.25) is 0 Å². The molecule has 0 atom stereocenters. The number of rotatable bonds is 1. The van der Waals surface area contributed by atoms with Gasteiger partial charge in [0.25, 0.3) is 0 Å². The van der Waals surface area contributed by atoms with Crippen LogP contribution in [0.25, 0.3) is 5.57 Å². The minimum atomic E-state index is 0.312. The quantitative estimate of drug-likeness (QED) is 0.641. The summed E-state index contributed by atoms with van der Waals surface area (Å²) in [6.07, 6.45) is 3.61. The SMILES string of the molecule is CC(C)(C)C1=CC(c2ccccc2)=[C]([Hf])C1. The van der Waals surface area contributed by atoms with Crippen molar-refractivity contribution in [1.82, 2.24) is 0 Å². The van der Waals surface area contributed by atoms with Gasteiger partial charge in [0.2, 0.25) is 0 Å². The molecule has 0 unspecified atom stereocenters. The van der Waals surface area contributed by atoms with Crippen LogP contribution in [0.4, 0.5) is 0 Å². The first-order valence-electron chi connectivity index (χ1n) is 5.70. The summed E-state index contributed by atoms with van der Waals surface area (Å²) in [5.41, 5.74) is 4.76. The number of benzene rings is 1. The van der Waals surface area contributed by atoms with Gasteiger partial charge in [-0.3, -0.25) is 0 Å². The van der Waals surface area contributed by atoms with E-state index in [1.54, 1.807) is 8.90 Å². The summed E-state index contributed by atoms with van der Waals surface area (Å²) in [6, 6.07) is 10.8. The first-order valence-corrected chi connectivity index (χ1v) is 7.49. The Morgan fingerprint density at radius 2 is 1.69 bits per heavy atom. The standard InChI is InChI=1S/C15H17.Hf/c1-15(2,3)14-10-9-13(11-14)12-7-5-4-6-8-12;/h4-8,11H,10H2,1-3H3;. The van der Waals surface area contributed by atoms with Crippen molar-refractivity contribution in [3.63, 3.8) is 0 Å². The zero-order valence-electron chi connectivity index (χ0n) is 10.2. The molecule has 1 heteroatoms. The Bertz CT molecular complexity index is 444. The maximum absolute atomic E-state index is 2.41. The summed E-state index contributed by atoms with van der Waals surface area (Å²) in [5.74, 6) is 0. The summed E-state index contributed by atoms with van der Waals surface area (Å²) in [4.78, 5) is 0. The summed E-state index contributed by atoms with van der Waals surface area (Å²) >= 11 is 1.17. The van der Waals surface area contributed by atoms with Crippen molar-refractivity contribution in [2.24, 2.45) is 5.41 Å². The molecule has 1 aliphatic rings. The molecule has 0 aliphatic heterocycles. The van der Waals surface area contributed by atoms with Gasteiger partial charge in [0, 0.05) is 0 Å². The Balaban J connectivity index is 2.36. The van der Waals surface area contributed by atoms with Gasteiger partial charge in [0.1, 0.15) is 0 Å². The van der Waals surface area contributed by atoms with Gasteiger partial charge in [-0.2, -0.15) is 0 Å². The molecule has 1 aliphatic carbocycles. The van der Waals surface area contributed by atoms with Crippen molar-refractivity contribution < 1.29 is 24.4 Å². The fourth-order valence-corrected chi connectivity index (χ4v) is 3.42. The normalized spacial score (nSPS) is 16.5. The monoisotopic (exact) mass is 377 g/mol. The fourth-order valence-electron chi connectivity index (χ4n) is 1.95. The van der Waals surface area contributed by atoms with E-state index < -0.39 is 0 Å². The van der Waals surface area contributed by atoms with Crippen molar-refractivity contribution in [2.45, 2.75) is 27.2 Å². The Hall–Kier alpha value is -0.430.